The molecule has 43 heavy (non-hydrogen) atoms. The summed E-state index contributed by atoms with van der Waals surface area (Å²) in [5.74, 6) is -3.07. The number of ether oxygens (including phenoxy) is 3. The van der Waals surface area contributed by atoms with Gasteiger partial charge in [0.1, 0.15) is 48.9 Å². The molecule has 1 aliphatic heterocycles. The molecule has 0 spiro atoms. The lowest BCUT2D eigenvalue weighted by atomic mass is 10.0. The molecule has 18 nitrogen and oxygen atoms in total. The van der Waals surface area contributed by atoms with E-state index >= 15 is 0 Å². The van der Waals surface area contributed by atoms with Crippen molar-refractivity contribution >= 4 is 5.97 Å². The third-order valence-corrected chi connectivity index (χ3v) is 7.16. The Hall–Kier alpha value is -1.91. The van der Waals surface area contributed by atoms with Crippen molar-refractivity contribution in [2.45, 2.75) is 94.0 Å². The van der Waals surface area contributed by atoms with Gasteiger partial charge in [-0.25, -0.2) is 4.68 Å². The molecule has 1 saturated heterocycles. The summed E-state index contributed by atoms with van der Waals surface area (Å²) in [6.45, 7) is 1.93. The van der Waals surface area contributed by atoms with E-state index < -0.39 is 92.5 Å². The molecule has 10 N–H and O–H groups in total. The molecule has 18 heteroatoms. The average molecular weight is 627 g/mol. The summed E-state index contributed by atoms with van der Waals surface area (Å²) in [6.07, 6.45) is -12.7. The van der Waals surface area contributed by atoms with Gasteiger partial charge < -0.3 is 65.3 Å². The van der Waals surface area contributed by atoms with Crippen molar-refractivity contribution < 1.29 is 70.1 Å². The summed E-state index contributed by atoms with van der Waals surface area (Å²) >= 11 is 0. The highest BCUT2D eigenvalue weighted by Crippen LogP contribution is 2.31. The second-order valence-corrected chi connectivity index (χ2v) is 11.3. The summed E-state index contributed by atoms with van der Waals surface area (Å²) in [5, 5.41) is 109. The first-order valence-electron chi connectivity index (χ1n) is 13.8. The van der Waals surface area contributed by atoms with Gasteiger partial charge in [-0.3, -0.25) is 9.69 Å². The summed E-state index contributed by atoms with van der Waals surface area (Å²) in [4.78, 5) is 12.5. The molecule has 1 aliphatic rings. The van der Waals surface area contributed by atoms with E-state index in [1.165, 1.54) is 18.0 Å². The first-order chi connectivity index (χ1) is 20.0. The van der Waals surface area contributed by atoms with Gasteiger partial charge in [0.05, 0.1) is 50.4 Å². The minimum Gasteiger partial charge on any atom is -0.480 e. The Morgan fingerprint density at radius 3 is 2.28 bits per heavy atom. The summed E-state index contributed by atoms with van der Waals surface area (Å²) in [7, 11) is 0. The minimum atomic E-state index is -1.88. The summed E-state index contributed by atoms with van der Waals surface area (Å²) < 4.78 is 18.9. The molecule has 0 bridgehead atoms. The highest BCUT2D eigenvalue weighted by atomic mass is 16.7. The van der Waals surface area contributed by atoms with Crippen LogP contribution in [0.15, 0.2) is 6.20 Å². The van der Waals surface area contributed by atoms with Crippen molar-refractivity contribution in [3.05, 3.63) is 11.9 Å². The number of aliphatic hydroxyl groups is 9. The van der Waals surface area contributed by atoms with Gasteiger partial charge in [-0.1, -0.05) is 5.21 Å². The lowest BCUT2D eigenvalue weighted by molar-refractivity contribution is -0.298. The quantitative estimate of drug-likeness (QED) is 0.110. The van der Waals surface area contributed by atoms with E-state index in [1.54, 1.807) is 13.8 Å². The second-order valence-electron chi connectivity index (χ2n) is 11.3. The normalized spacial score (nSPS) is 30.1. The Morgan fingerprint density at radius 1 is 1.02 bits per heavy atom. The van der Waals surface area contributed by atoms with Gasteiger partial charge in [-0.05, 0) is 27.2 Å². The van der Waals surface area contributed by atoms with Crippen LogP contribution in [0.25, 0.3) is 0 Å². The van der Waals surface area contributed by atoms with E-state index in [0.29, 0.717) is 0 Å². The molecule has 0 aromatic carbocycles. The molecule has 9 atom stereocenters. The van der Waals surface area contributed by atoms with Crippen molar-refractivity contribution in [3.63, 3.8) is 0 Å². The van der Waals surface area contributed by atoms with Crippen molar-refractivity contribution in [1.29, 1.82) is 0 Å². The molecule has 0 radical (unpaired) electrons. The number of nitrogens with zero attached hydrogens (tertiary/aromatic N) is 4. The second kappa shape index (κ2) is 16.4. The fraction of sp³-hybridized carbons (Fsp3) is 0.880. The van der Waals surface area contributed by atoms with Gasteiger partial charge in [0.2, 0.25) is 5.79 Å². The number of aliphatic carboxylic acids is 1. The van der Waals surface area contributed by atoms with Crippen molar-refractivity contribution in [1.82, 2.24) is 19.9 Å². The maximum Gasteiger partial charge on any atom is 0.325 e. The Kier molecular flexibility index (Phi) is 14.2. The van der Waals surface area contributed by atoms with Crippen molar-refractivity contribution in [2.24, 2.45) is 0 Å². The first-order valence-corrected chi connectivity index (χ1v) is 13.8. The Bertz CT molecular complexity index is 986. The van der Waals surface area contributed by atoms with Crippen LogP contribution in [0.5, 0.6) is 0 Å². The number of hydrogen-bond donors (Lipinski definition) is 10. The molecule has 250 valence electrons. The average Bonchev–Trinajstić information content (AvgIpc) is 3.41. The van der Waals surface area contributed by atoms with Crippen molar-refractivity contribution in [3.8, 4) is 0 Å². The van der Waals surface area contributed by atoms with E-state index in [1.807, 2.05) is 0 Å². The van der Waals surface area contributed by atoms with Crippen LogP contribution in [0, 0.1) is 0 Å². The van der Waals surface area contributed by atoms with Crippen LogP contribution in [-0.2, 0) is 31.3 Å². The van der Waals surface area contributed by atoms with Crippen LogP contribution in [-0.4, -0.2) is 177 Å². The highest BCUT2D eigenvalue weighted by molar-refractivity contribution is 5.66. The van der Waals surface area contributed by atoms with E-state index in [-0.39, 0.29) is 38.4 Å². The third kappa shape index (κ3) is 10.9. The van der Waals surface area contributed by atoms with Crippen molar-refractivity contribution in [2.75, 3.05) is 46.1 Å². The van der Waals surface area contributed by atoms with Gasteiger partial charge in [0.25, 0.3) is 0 Å². The van der Waals surface area contributed by atoms with E-state index in [2.05, 4.69) is 10.3 Å². The molecule has 1 aromatic heterocycles. The molecular formula is C25H46N4O14. The largest absolute Gasteiger partial charge is 0.480 e. The zero-order chi connectivity index (χ0) is 32.5. The topological polar surface area (TPSA) is 281 Å². The minimum absolute atomic E-state index is 0.0289. The lowest BCUT2D eigenvalue weighted by Gasteiger charge is -2.39. The molecule has 0 aliphatic carbocycles. The van der Waals surface area contributed by atoms with E-state index in [9.17, 15) is 45.6 Å². The third-order valence-electron chi connectivity index (χ3n) is 7.16. The number of aromatic nitrogens is 3. The smallest absolute Gasteiger partial charge is 0.325 e. The Balaban J connectivity index is 2.40. The van der Waals surface area contributed by atoms with Gasteiger partial charge in [0.15, 0.2) is 0 Å². The molecule has 1 fully saturated rings. The predicted octanol–water partition coefficient (Wildman–Crippen LogP) is -5.05. The lowest BCUT2D eigenvalue weighted by Crippen LogP contribution is -2.56. The number of carboxylic acid groups (broad SMARTS) is 1. The fourth-order valence-electron chi connectivity index (χ4n) is 4.43. The first kappa shape index (κ1) is 37.3. The molecule has 0 saturated carbocycles. The van der Waals surface area contributed by atoms with Gasteiger partial charge in [0, 0.05) is 19.6 Å². The summed E-state index contributed by atoms with van der Waals surface area (Å²) in [6, 6.07) is 0. The maximum atomic E-state index is 11.1. The zero-order valence-corrected chi connectivity index (χ0v) is 24.5. The Morgan fingerprint density at radius 2 is 1.67 bits per heavy atom. The monoisotopic (exact) mass is 626 g/mol. The van der Waals surface area contributed by atoms with Crippen LogP contribution in [0.3, 0.4) is 0 Å². The zero-order valence-electron chi connectivity index (χ0n) is 24.5. The SMILES string of the molecule is CC1(C)CCOC(C)(c2cn(CC(=O)O)nn2)O[C@H]([C@H](O)CO)[C@H](O)[C@@H](O)CN(C[C@H](O)[C@@H](O)[C@H](O)[C@H](O)CO)CCO1. The van der Waals surface area contributed by atoms with Gasteiger partial charge in [-0.2, -0.15) is 0 Å². The molecule has 0 amide bonds. The number of rotatable bonds is 11. The number of carbonyl (C=O) groups is 1. The Labute approximate surface area is 248 Å². The van der Waals surface area contributed by atoms with Gasteiger partial charge in [-0.15, -0.1) is 5.10 Å². The fourth-order valence-corrected chi connectivity index (χ4v) is 4.43. The number of hydrogen-bond acceptors (Lipinski definition) is 16. The molecule has 2 heterocycles. The van der Waals surface area contributed by atoms with E-state index in [4.69, 9.17) is 24.4 Å². The molecular weight excluding hydrogens is 580 g/mol. The maximum absolute atomic E-state index is 11.1. The highest BCUT2D eigenvalue weighted by Gasteiger charge is 2.43. The van der Waals surface area contributed by atoms with E-state index in [0.717, 1.165) is 4.68 Å². The summed E-state index contributed by atoms with van der Waals surface area (Å²) in [5.41, 5.74) is -0.821. The molecule has 1 unspecified atom stereocenters. The van der Waals surface area contributed by atoms with Crippen LogP contribution >= 0.6 is 0 Å². The number of β-amino-alcohol motifs (C(OH)–C–C–N with tert-alkyl or cyclic N) is 2. The van der Waals surface area contributed by atoms with Crippen LogP contribution in [0.1, 0.15) is 32.9 Å². The standard InChI is InChI=1S/C25H46N4O14/c1-24(2)4-6-42-25(3,18-10-29(27-26-18)11-19(36)37)43-23(17(35)13-31)22(40)15(33)9-28(5-7-41-24)8-14(32)20(38)21(39)16(34)12-30/h10,14-17,20-23,30-35,38-40H,4-9,11-13H2,1-3H3,(H,36,37)/t14-,15-,16+,17+,20+,21+,22+,23+,25?/m0/s1. The van der Waals surface area contributed by atoms with Gasteiger partial charge >= 0.3 is 5.97 Å². The predicted molar refractivity (Wildman–Crippen MR) is 143 cm³/mol. The molecule has 2 rings (SSSR count). The van der Waals surface area contributed by atoms with Crippen LogP contribution in [0.2, 0.25) is 0 Å². The van der Waals surface area contributed by atoms with Crippen LogP contribution < -0.4 is 0 Å². The van der Waals surface area contributed by atoms with Crippen LogP contribution in [0.4, 0.5) is 0 Å². The number of aliphatic hydroxyl groups excluding tert-OH is 9. The molecule has 1 aromatic rings. The number of carboxylic acids is 1.